The Morgan fingerprint density at radius 1 is 1.13 bits per heavy atom. The molecule has 1 aromatic heterocycles. The molecular weight excluding hydrogens is 394 g/mol. The van der Waals surface area contributed by atoms with Gasteiger partial charge in [-0.15, -0.1) is 0 Å². The molecule has 1 N–H and O–H groups in total. The highest BCUT2D eigenvalue weighted by atomic mass is 16.5. The van der Waals surface area contributed by atoms with Crippen LogP contribution in [-0.2, 0) is 0 Å². The topological polar surface area (TPSA) is 75.0 Å². The molecule has 7 nitrogen and oxygen atoms in total. The largest absolute Gasteiger partial charge is 0.494 e. The van der Waals surface area contributed by atoms with E-state index in [-0.39, 0.29) is 11.4 Å². The van der Waals surface area contributed by atoms with Gasteiger partial charge in [0.05, 0.1) is 12.2 Å². The molecule has 1 saturated carbocycles. The van der Waals surface area contributed by atoms with Crippen LogP contribution in [0.4, 0.5) is 0 Å². The van der Waals surface area contributed by atoms with E-state index < -0.39 is 5.63 Å². The predicted molar refractivity (Wildman–Crippen MR) is 121 cm³/mol. The predicted octanol–water partition coefficient (Wildman–Crippen LogP) is 2.87. The molecule has 168 valence electrons. The van der Waals surface area contributed by atoms with Crippen LogP contribution >= 0.6 is 0 Å². The van der Waals surface area contributed by atoms with E-state index in [2.05, 4.69) is 22.2 Å². The number of nitrogens with zero attached hydrogens (tertiary/aromatic N) is 2. The fraction of sp³-hybridized carbons (Fsp3) is 0.583. The van der Waals surface area contributed by atoms with Crippen molar-refractivity contribution in [3.05, 3.63) is 40.2 Å². The molecule has 1 amide bonds. The Kier molecular flexibility index (Phi) is 6.62. The van der Waals surface area contributed by atoms with E-state index in [0.29, 0.717) is 35.4 Å². The number of amides is 1. The second kappa shape index (κ2) is 9.40. The Hall–Kier alpha value is -2.38. The van der Waals surface area contributed by atoms with Gasteiger partial charge in [-0.2, -0.15) is 0 Å². The van der Waals surface area contributed by atoms with Crippen molar-refractivity contribution in [2.45, 2.75) is 44.6 Å². The number of hydrogen-bond donors (Lipinski definition) is 1. The van der Waals surface area contributed by atoms with Crippen LogP contribution in [0, 0.1) is 0 Å². The highest BCUT2D eigenvalue weighted by Crippen LogP contribution is 2.34. The van der Waals surface area contributed by atoms with Crippen molar-refractivity contribution in [2.24, 2.45) is 0 Å². The van der Waals surface area contributed by atoms with Crippen molar-refractivity contribution in [2.75, 3.05) is 46.4 Å². The SMILES string of the molecule is CCOc1ccc2c(C(=O)NCC3(N4CCN(C)CC4)CCCCC3)cc(=O)oc2c1. The summed E-state index contributed by atoms with van der Waals surface area (Å²) >= 11 is 0. The van der Waals surface area contributed by atoms with E-state index >= 15 is 0 Å². The first-order valence-corrected chi connectivity index (χ1v) is 11.4. The van der Waals surface area contributed by atoms with Crippen molar-refractivity contribution in [1.29, 1.82) is 0 Å². The van der Waals surface area contributed by atoms with Gasteiger partial charge in [0.2, 0.25) is 0 Å². The van der Waals surface area contributed by atoms with Crippen LogP contribution in [0.3, 0.4) is 0 Å². The van der Waals surface area contributed by atoms with E-state index in [1.54, 1.807) is 18.2 Å². The molecule has 0 radical (unpaired) electrons. The second-order valence-electron chi connectivity index (χ2n) is 8.83. The van der Waals surface area contributed by atoms with E-state index in [1.165, 1.54) is 25.3 Å². The lowest BCUT2D eigenvalue weighted by Crippen LogP contribution is -2.61. The van der Waals surface area contributed by atoms with Crippen molar-refractivity contribution in [3.8, 4) is 5.75 Å². The number of benzene rings is 1. The molecule has 0 unspecified atom stereocenters. The summed E-state index contributed by atoms with van der Waals surface area (Å²) in [4.78, 5) is 30.3. The first kappa shape index (κ1) is 21.8. The molecule has 1 aliphatic carbocycles. The smallest absolute Gasteiger partial charge is 0.337 e. The first-order valence-electron chi connectivity index (χ1n) is 11.4. The van der Waals surface area contributed by atoms with Gasteiger partial charge in [0, 0.05) is 55.8 Å². The van der Waals surface area contributed by atoms with Crippen molar-refractivity contribution in [1.82, 2.24) is 15.1 Å². The van der Waals surface area contributed by atoms with Crippen LogP contribution < -0.4 is 15.7 Å². The number of carbonyl (C=O) groups is 1. The Labute approximate surface area is 183 Å². The molecule has 0 bridgehead atoms. The normalized spacial score (nSPS) is 19.9. The summed E-state index contributed by atoms with van der Waals surface area (Å²) in [6.45, 7) is 7.20. The van der Waals surface area contributed by atoms with Crippen molar-refractivity contribution >= 4 is 16.9 Å². The minimum Gasteiger partial charge on any atom is -0.494 e. The molecule has 7 heteroatoms. The summed E-state index contributed by atoms with van der Waals surface area (Å²) < 4.78 is 10.8. The van der Waals surface area contributed by atoms with Gasteiger partial charge in [-0.1, -0.05) is 19.3 Å². The Balaban J connectivity index is 1.55. The molecule has 31 heavy (non-hydrogen) atoms. The second-order valence-corrected chi connectivity index (χ2v) is 8.83. The highest BCUT2D eigenvalue weighted by Gasteiger charge is 2.39. The standard InChI is InChI=1S/C24H33N3O4/c1-3-30-18-7-8-19-20(16-22(28)31-21(19)15-18)23(29)25-17-24(9-5-4-6-10-24)27-13-11-26(2)12-14-27/h7-8,15-16H,3-6,9-14,17H2,1-2H3,(H,25,29). The molecular formula is C24H33N3O4. The zero-order valence-electron chi connectivity index (χ0n) is 18.6. The fourth-order valence-electron chi connectivity index (χ4n) is 5.02. The molecule has 1 saturated heterocycles. The lowest BCUT2D eigenvalue weighted by molar-refractivity contribution is 0.0138. The van der Waals surface area contributed by atoms with Gasteiger partial charge in [-0.05, 0) is 38.9 Å². The van der Waals surface area contributed by atoms with Gasteiger partial charge < -0.3 is 19.4 Å². The van der Waals surface area contributed by atoms with Gasteiger partial charge in [-0.3, -0.25) is 9.69 Å². The summed E-state index contributed by atoms with van der Waals surface area (Å²) in [7, 11) is 2.16. The van der Waals surface area contributed by atoms with Crippen LogP contribution in [0.2, 0.25) is 0 Å². The molecule has 2 aliphatic rings. The number of carbonyl (C=O) groups excluding carboxylic acids is 1. The minimum atomic E-state index is -0.530. The first-order chi connectivity index (χ1) is 15.0. The Morgan fingerprint density at radius 2 is 1.87 bits per heavy atom. The summed E-state index contributed by atoms with van der Waals surface area (Å²) in [5, 5.41) is 3.79. The molecule has 0 atom stereocenters. The van der Waals surface area contributed by atoms with Gasteiger partial charge in [0.25, 0.3) is 5.91 Å². The fourth-order valence-corrected chi connectivity index (χ4v) is 5.02. The lowest BCUT2D eigenvalue weighted by atomic mass is 9.79. The number of piperazine rings is 1. The quantitative estimate of drug-likeness (QED) is 0.715. The van der Waals surface area contributed by atoms with Crippen molar-refractivity contribution in [3.63, 3.8) is 0 Å². The third-order valence-electron chi connectivity index (χ3n) is 6.81. The number of ether oxygens (including phenoxy) is 1. The van der Waals surface area contributed by atoms with Crippen molar-refractivity contribution < 1.29 is 13.9 Å². The zero-order valence-corrected chi connectivity index (χ0v) is 18.6. The summed E-state index contributed by atoms with van der Waals surface area (Å²) in [6, 6.07) is 6.55. The average Bonchev–Trinajstić information content (AvgIpc) is 2.78. The summed E-state index contributed by atoms with van der Waals surface area (Å²) in [5.41, 5.74) is 0.207. The van der Waals surface area contributed by atoms with E-state index in [4.69, 9.17) is 9.15 Å². The maximum Gasteiger partial charge on any atom is 0.337 e. The third-order valence-corrected chi connectivity index (χ3v) is 6.81. The van der Waals surface area contributed by atoms with Gasteiger partial charge in [0.1, 0.15) is 11.3 Å². The van der Waals surface area contributed by atoms with Gasteiger partial charge >= 0.3 is 5.63 Å². The van der Waals surface area contributed by atoms with Crippen LogP contribution in [0.5, 0.6) is 5.75 Å². The van der Waals surface area contributed by atoms with E-state index in [9.17, 15) is 9.59 Å². The van der Waals surface area contributed by atoms with Gasteiger partial charge in [-0.25, -0.2) is 4.79 Å². The number of rotatable bonds is 6. The van der Waals surface area contributed by atoms with Crippen LogP contribution in [0.25, 0.3) is 11.0 Å². The number of nitrogens with one attached hydrogen (secondary N) is 1. The maximum atomic E-state index is 13.2. The van der Waals surface area contributed by atoms with Gasteiger partial charge in [0.15, 0.2) is 0 Å². The molecule has 2 fully saturated rings. The van der Waals surface area contributed by atoms with Crippen LogP contribution in [0.1, 0.15) is 49.4 Å². The van der Waals surface area contributed by atoms with E-state index in [1.807, 2.05) is 6.92 Å². The highest BCUT2D eigenvalue weighted by molar-refractivity contribution is 6.05. The monoisotopic (exact) mass is 427 g/mol. The number of fused-ring (bicyclic) bond motifs is 1. The molecule has 1 aliphatic heterocycles. The molecule has 2 heterocycles. The third kappa shape index (κ3) is 4.77. The lowest BCUT2D eigenvalue weighted by Gasteiger charge is -2.49. The van der Waals surface area contributed by atoms with Crippen LogP contribution in [-0.4, -0.2) is 67.6 Å². The zero-order chi connectivity index (χ0) is 21.8. The molecule has 0 spiro atoms. The van der Waals surface area contributed by atoms with Crippen LogP contribution in [0.15, 0.2) is 33.5 Å². The maximum absolute atomic E-state index is 13.2. The summed E-state index contributed by atoms with van der Waals surface area (Å²) in [5.74, 6) is 0.396. The molecule has 2 aromatic rings. The Bertz CT molecular complexity index is 972. The Morgan fingerprint density at radius 3 is 2.58 bits per heavy atom. The van der Waals surface area contributed by atoms with E-state index in [0.717, 1.165) is 39.0 Å². The minimum absolute atomic E-state index is 0.00651. The molecule has 1 aromatic carbocycles. The number of likely N-dealkylation sites (N-methyl/N-ethyl adjacent to an activating group) is 1. The molecule has 4 rings (SSSR count). The summed E-state index contributed by atoms with van der Waals surface area (Å²) in [6.07, 6.45) is 5.86. The number of hydrogen-bond acceptors (Lipinski definition) is 6. The average molecular weight is 428 g/mol.